The van der Waals surface area contributed by atoms with E-state index in [0.29, 0.717) is 18.0 Å². The van der Waals surface area contributed by atoms with Gasteiger partial charge in [-0.2, -0.15) is 0 Å². The Hall–Kier alpha value is -2.04. The summed E-state index contributed by atoms with van der Waals surface area (Å²) in [5.74, 6) is -0.463. The molecule has 1 rings (SSSR count). The fourth-order valence-corrected chi connectivity index (χ4v) is 1.60. The largest absolute Gasteiger partial charge is 0.481 e. The first kappa shape index (κ1) is 16.0. The maximum Gasteiger partial charge on any atom is 0.319 e. The van der Waals surface area contributed by atoms with E-state index in [4.69, 9.17) is 5.11 Å². The molecule has 0 aliphatic heterocycles. The highest BCUT2D eigenvalue weighted by atomic mass is 16.4. The summed E-state index contributed by atoms with van der Waals surface area (Å²) in [6.07, 6.45) is 0.537. The van der Waals surface area contributed by atoms with Crippen LogP contribution in [0.15, 0.2) is 24.3 Å². The Morgan fingerprint density at radius 3 is 2.55 bits per heavy atom. The average molecular weight is 278 g/mol. The van der Waals surface area contributed by atoms with Gasteiger partial charge in [-0.15, -0.1) is 0 Å². The normalized spacial score (nSPS) is 12.0. The van der Waals surface area contributed by atoms with Crippen molar-refractivity contribution in [2.75, 3.05) is 5.32 Å². The Morgan fingerprint density at radius 2 is 1.95 bits per heavy atom. The lowest BCUT2D eigenvalue weighted by Crippen LogP contribution is -2.39. The number of carboxylic acids is 1. The molecule has 0 fully saturated rings. The van der Waals surface area contributed by atoms with Crippen LogP contribution in [-0.2, 0) is 11.2 Å². The number of amides is 2. The molecule has 5 nitrogen and oxygen atoms in total. The molecule has 1 aromatic carbocycles. The molecule has 1 aromatic rings. The van der Waals surface area contributed by atoms with Crippen molar-refractivity contribution in [2.45, 2.75) is 39.7 Å². The van der Waals surface area contributed by atoms with E-state index in [1.54, 1.807) is 18.2 Å². The van der Waals surface area contributed by atoms with Crippen LogP contribution in [0.1, 0.15) is 32.8 Å². The standard InChI is InChI=1S/C15H22N2O3/c1-10(2)11(3)16-15(20)17-13-6-4-5-12(9-13)7-8-14(18)19/h4-6,9-11H,7-8H2,1-3H3,(H,18,19)(H2,16,17,20). The molecule has 2 amide bonds. The van der Waals surface area contributed by atoms with Gasteiger partial charge >= 0.3 is 12.0 Å². The van der Waals surface area contributed by atoms with Crippen LogP contribution in [-0.4, -0.2) is 23.1 Å². The lowest BCUT2D eigenvalue weighted by Gasteiger charge is -2.18. The summed E-state index contributed by atoms with van der Waals surface area (Å²) in [5.41, 5.74) is 1.56. The number of aryl methyl sites for hydroxylation is 1. The smallest absolute Gasteiger partial charge is 0.319 e. The first-order valence-corrected chi connectivity index (χ1v) is 6.76. The fraction of sp³-hybridized carbons (Fsp3) is 0.467. The van der Waals surface area contributed by atoms with Gasteiger partial charge in [-0.1, -0.05) is 26.0 Å². The van der Waals surface area contributed by atoms with Gasteiger partial charge in [0.25, 0.3) is 0 Å². The summed E-state index contributed by atoms with van der Waals surface area (Å²) < 4.78 is 0. The third-order valence-corrected chi connectivity index (χ3v) is 3.17. The number of aliphatic carboxylic acids is 1. The molecule has 0 bridgehead atoms. The summed E-state index contributed by atoms with van der Waals surface area (Å²) in [5, 5.41) is 14.3. The van der Waals surface area contributed by atoms with Gasteiger partial charge in [-0.25, -0.2) is 4.79 Å². The lowest BCUT2D eigenvalue weighted by molar-refractivity contribution is -0.136. The van der Waals surface area contributed by atoms with Gasteiger partial charge < -0.3 is 15.7 Å². The van der Waals surface area contributed by atoms with Gasteiger partial charge in [0, 0.05) is 18.2 Å². The molecule has 0 aliphatic carbocycles. The third-order valence-electron chi connectivity index (χ3n) is 3.17. The van der Waals surface area contributed by atoms with E-state index in [0.717, 1.165) is 5.56 Å². The number of carbonyl (C=O) groups is 2. The van der Waals surface area contributed by atoms with Crippen molar-refractivity contribution in [3.63, 3.8) is 0 Å². The minimum absolute atomic E-state index is 0.0834. The highest BCUT2D eigenvalue weighted by molar-refractivity contribution is 5.89. The summed E-state index contributed by atoms with van der Waals surface area (Å²) >= 11 is 0. The topological polar surface area (TPSA) is 78.4 Å². The van der Waals surface area contributed by atoms with Crippen LogP contribution in [0, 0.1) is 5.92 Å². The predicted octanol–water partition coefficient (Wildman–Crippen LogP) is 2.87. The molecule has 5 heteroatoms. The number of rotatable bonds is 6. The molecule has 3 N–H and O–H groups in total. The minimum Gasteiger partial charge on any atom is -0.481 e. The van der Waals surface area contributed by atoms with Gasteiger partial charge in [0.2, 0.25) is 0 Å². The van der Waals surface area contributed by atoms with E-state index in [-0.39, 0.29) is 18.5 Å². The lowest BCUT2D eigenvalue weighted by atomic mass is 10.1. The van der Waals surface area contributed by atoms with Crippen LogP contribution in [0.2, 0.25) is 0 Å². The van der Waals surface area contributed by atoms with Crippen molar-refractivity contribution in [2.24, 2.45) is 5.92 Å². The number of hydrogen-bond acceptors (Lipinski definition) is 2. The third kappa shape index (κ3) is 5.73. The first-order chi connectivity index (χ1) is 9.38. The minimum atomic E-state index is -0.827. The zero-order chi connectivity index (χ0) is 15.1. The van der Waals surface area contributed by atoms with Crippen LogP contribution in [0.25, 0.3) is 0 Å². The SMILES string of the molecule is CC(C)C(C)NC(=O)Nc1cccc(CCC(=O)O)c1. The van der Waals surface area contributed by atoms with Crippen molar-refractivity contribution in [1.29, 1.82) is 0 Å². The Kier molecular flexibility index (Phi) is 6.03. The van der Waals surface area contributed by atoms with Gasteiger partial charge in [0.15, 0.2) is 0 Å². The van der Waals surface area contributed by atoms with Crippen LogP contribution < -0.4 is 10.6 Å². The molecule has 0 saturated heterocycles. The zero-order valence-electron chi connectivity index (χ0n) is 12.1. The number of urea groups is 1. The Labute approximate surface area is 119 Å². The Morgan fingerprint density at radius 1 is 1.25 bits per heavy atom. The molecule has 0 spiro atoms. The van der Waals surface area contributed by atoms with E-state index in [9.17, 15) is 9.59 Å². The average Bonchev–Trinajstić information content (AvgIpc) is 2.36. The second-order valence-electron chi connectivity index (χ2n) is 5.23. The van der Waals surface area contributed by atoms with Crippen LogP contribution >= 0.6 is 0 Å². The van der Waals surface area contributed by atoms with Crippen molar-refractivity contribution in [1.82, 2.24) is 5.32 Å². The van der Waals surface area contributed by atoms with Crippen LogP contribution in [0.3, 0.4) is 0 Å². The van der Waals surface area contributed by atoms with E-state index >= 15 is 0 Å². The van der Waals surface area contributed by atoms with E-state index < -0.39 is 5.97 Å². The number of nitrogens with one attached hydrogen (secondary N) is 2. The summed E-state index contributed by atoms with van der Waals surface area (Å²) in [7, 11) is 0. The van der Waals surface area contributed by atoms with Crippen LogP contribution in [0.5, 0.6) is 0 Å². The predicted molar refractivity (Wildman–Crippen MR) is 78.9 cm³/mol. The highest BCUT2D eigenvalue weighted by Crippen LogP contribution is 2.12. The first-order valence-electron chi connectivity index (χ1n) is 6.76. The number of anilines is 1. The molecule has 20 heavy (non-hydrogen) atoms. The number of hydrogen-bond donors (Lipinski definition) is 3. The number of benzene rings is 1. The molecule has 1 atom stereocenters. The monoisotopic (exact) mass is 278 g/mol. The molecule has 0 radical (unpaired) electrons. The maximum atomic E-state index is 11.8. The van der Waals surface area contributed by atoms with Crippen molar-refractivity contribution in [3.05, 3.63) is 29.8 Å². The Balaban J connectivity index is 2.57. The van der Waals surface area contributed by atoms with Crippen molar-refractivity contribution < 1.29 is 14.7 Å². The zero-order valence-corrected chi connectivity index (χ0v) is 12.1. The molecular formula is C15H22N2O3. The second-order valence-corrected chi connectivity index (χ2v) is 5.23. The molecule has 0 heterocycles. The van der Waals surface area contributed by atoms with Gasteiger partial charge in [0.05, 0.1) is 0 Å². The Bertz CT molecular complexity index is 472. The van der Waals surface area contributed by atoms with Gasteiger partial charge in [-0.05, 0) is 37.0 Å². The highest BCUT2D eigenvalue weighted by Gasteiger charge is 2.10. The van der Waals surface area contributed by atoms with E-state index in [1.165, 1.54) is 0 Å². The number of carboxylic acid groups (broad SMARTS) is 1. The molecular weight excluding hydrogens is 256 g/mol. The second kappa shape index (κ2) is 7.53. The van der Waals surface area contributed by atoms with E-state index in [2.05, 4.69) is 10.6 Å². The number of carbonyl (C=O) groups excluding carboxylic acids is 1. The maximum absolute atomic E-state index is 11.8. The van der Waals surface area contributed by atoms with Crippen molar-refractivity contribution >= 4 is 17.7 Å². The summed E-state index contributed by atoms with van der Waals surface area (Å²) in [4.78, 5) is 22.3. The molecule has 110 valence electrons. The molecule has 1 unspecified atom stereocenters. The quantitative estimate of drug-likeness (QED) is 0.748. The molecule has 0 aromatic heterocycles. The summed E-state index contributed by atoms with van der Waals surface area (Å²) in [6, 6.07) is 7.07. The van der Waals surface area contributed by atoms with Gasteiger partial charge in [-0.3, -0.25) is 4.79 Å². The van der Waals surface area contributed by atoms with Gasteiger partial charge in [0.1, 0.15) is 0 Å². The summed E-state index contributed by atoms with van der Waals surface area (Å²) in [6.45, 7) is 6.03. The molecule has 0 saturated carbocycles. The van der Waals surface area contributed by atoms with Crippen LogP contribution in [0.4, 0.5) is 10.5 Å². The van der Waals surface area contributed by atoms with Crippen molar-refractivity contribution in [3.8, 4) is 0 Å². The van der Waals surface area contributed by atoms with E-state index in [1.807, 2.05) is 26.8 Å². The molecule has 0 aliphatic rings. The fourth-order valence-electron chi connectivity index (χ4n) is 1.60.